The lowest BCUT2D eigenvalue weighted by atomic mass is 10.1. The van der Waals surface area contributed by atoms with Gasteiger partial charge in [0.05, 0.1) is 12.0 Å². The first-order chi connectivity index (χ1) is 9.09. The van der Waals surface area contributed by atoms with Gasteiger partial charge in [0.25, 0.3) is 0 Å². The lowest BCUT2D eigenvalue weighted by Gasteiger charge is -2.31. The van der Waals surface area contributed by atoms with Gasteiger partial charge in [-0.15, -0.1) is 0 Å². The summed E-state index contributed by atoms with van der Waals surface area (Å²) < 4.78 is 2.32. The monoisotopic (exact) mass is 264 g/mol. The Kier molecular flexibility index (Phi) is 4.99. The molecule has 1 unspecified atom stereocenters. The second-order valence-electron chi connectivity index (χ2n) is 6.09. The molecule has 1 aromatic heterocycles. The van der Waals surface area contributed by atoms with E-state index < -0.39 is 0 Å². The van der Waals surface area contributed by atoms with Crippen LogP contribution in [-0.4, -0.2) is 39.6 Å². The van der Waals surface area contributed by atoms with Crippen LogP contribution in [0.3, 0.4) is 0 Å². The smallest absolute Gasteiger partial charge is 0.0949 e. The second kappa shape index (κ2) is 6.53. The normalized spacial score (nSPS) is 20.1. The molecule has 1 aromatic rings. The molecule has 108 valence electrons. The Morgan fingerprint density at radius 2 is 2.11 bits per heavy atom. The average Bonchev–Trinajstić information content (AvgIpc) is 2.97. The zero-order valence-electron chi connectivity index (χ0n) is 12.8. The van der Waals surface area contributed by atoms with Gasteiger partial charge in [0, 0.05) is 37.4 Å². The SMILES string of the molecule is CC(C)N(CCn1cncc1C1CCCN1)C(C)C. The zero-order valence-corrected chi connectivity index (χ0v) is 12.8. The van der Waals surface area contributed by atoms with Crippen LogP contribution in [0.25, 0.3) is 0 Å². The third kappa shape index (κ3) is 3.57. The molecule has 0 aromatic carbocycles. The molecule has 0 amide bonds. The molecule has 1 atom stereocenters. The molecule has 0 bridgehead atoms. The molecule has 1 aliphatic rings. The average molecular weight is 264 g/mol. The van der Waals surface area contributed by atoms with Crippen molar-refractivity contribution in [2.75, 3.05) is 13.1 Å². The van der Waals surface area contributed by atoms with Gasteiger partial charge < -0.3 is 9.88 Å². The van der Waals surface area contributed by atoms with E-state index in [9.17, 15) is 0 Å². The van der Waals surface area contributed by atoms with Crippen LogP contribution in [0.1, 0.15) is 52.3 Å². The third-order valence-electron chi connectivity index (χ3n) is 4.09. The molecule has 0 saturated carbocycles. The minimum atomic E-state index is 0.508. The third-order valence-corrected chi connectivity index (χ3v) is 4.09. The summed E-state index contributed by atoms with van der Waals surface area (Å²) in [7, 11) is 0. The molecule has 2 heterocycles. The van der Waals surface area contributed by atoms with E-state index in [-0.39, 0.29) is 0 Å². The minimum absolute atomic E-state index is 0.508. The number of nitrogens with one attached hydrogen (secondary N) is 1. The van der Waals surface area contributed by atoms with Gasteiger partial charge in [0.15, 0.2) is 0 Å². The van der Waals surface area contributed by atoms with E-state index in [1.54, 1.807) is 0 Å². The lowest BCUT2D eigenvalue weighted by Crippen LogP contribution is -2.39. The molecule has 4 heteroatoms. The van der Waals surface area contributed by atoms with Gasteiger partial charge in [-0.25, -0.2) is 4.98 Å². The van der Waals surface area contributed by atoms with Crippen molar-refractivity contribution in [1.29, 1.82) is 0 Å². The number of nitrogens with zero attached hydrogens (tertiary/aromatic N) is 3. The largest absolute Gasteiger partial charge is 0.332 e. The Morgan fingerprint density at radius 1 is 1.37 bits per heavy atom. The highest BCUT2D eigenvalue weighted by Gasteiger charge is 2.20. The number of hydrogen-bond donors (Lipinski definition) is 1. The number of rotatable bonds is 6. The highest BCUT2D eigenvalue weighted by Crippen LogP contribution is 2.22. The van der Waals surface area contributed by atoms with E-state index >= 15 is 0 Å². The standard InChI is InChI=1S/C15H28N4/c1-12(2)19(13(3)4)9-8-18-11-16-10-15(18)14-6-5-7-17-14/h10-14,17H,5-9H2,1-4H3. The van der Waals surface area contributed by atoms with Crippen molar-refractivity contribution in [2.24, 2.45) is 0 Å². The Morgan fingerprint density at radius 3 is 2.68 bits per heavy atom. The molecule has 2 rings (SSSR count). The van der Waals surface area contributed by atoms with Gasteiger partial charge in [-0.1, -0.05) is 0 Å². The molecular weight excluding hydrogens is 236 g/mol. The maximum atomic E-state index is 4.34. The Balaban J connectivity index is 1.97. The summed E-state index contributed by atoms with van der Waals surface area (Å²) in [5.41, 5.74) is 1.35. The molecule has 1 saturated heterocycles. The van der Waals surface area contributed by atoms with Gasteiger partial charge in [-0.05, 0) is 47.1 Å². The zero-order chi connectivity index (χ0) is 13.8. The highest BCUT2D eigenvalue weighted by molar-refractivity contribution is 5.07. The molecule has 4 nitrogen and oxygen atoms in total. The van der Waals surface area contributed by atoms with Crippen molar-refractivity contribution in [3.63, 3.8) is 0 Å². The van der Waals surface area contributed by atoms with Gasteiger partial charge in [0.2, 0.25) is 0 Å². The summed E-state index contributed by atoms with van der Waals surface area (Å²) in [6.07, 6.45) is 6.52. The van der Waals surface area contributed by atoms with Crippen molar-refractivity contribution in [3.05, 3.63) is 18.2 Å². The van der Waals surface area contributed by atoms with Crippen LogP contribution < -0.4 is 5.32 Å². The van der Waals surface area contributed by atoms with Crippen LogP contribution in [-0.2, 0) is 6.54 Å². The molecule has 0 aliphatic carbocycles. The minimum Gasteiger partial charge on any atom is -0.332 e. The van der Waals surface area contributed by atoms with Crippen molar-refractivity contribution >= 4 is 0 Å². The summed E-state index contributed by atoms with van der Waals surface area (Å²) in [6.45, 7) is 12.3. The predicted octanol–water partition coefficient (Wildman–Crippen LogP) is 2.43. The van der Waals surface area contributed by atoms with E-state index in [1.807, 2.05) is 12.5 Å². The van der Waals surface area contributed by atoms with E-state index in [1.165, 1.54) is 18.5 Å². The maximum absolute atomic E-state index is 4.34. The van der Waals surface area contributed by atoms with Gasteiger partial charge in [-0.3, -0.25) is 4.90 Å². The van der Waals surface area contributed by atoms with Crippen LogP contribution in [0.5, 0.6) is 0 Å². The molecule has 0 spiro atoms. The molecule has 0 radical (unpaired) electrons. The molecule has 1 aliphatic heterocycles. The van der Waals surface area contributed by atoms with Crippen LogP contribution >= 0.6 is 0 Å². The number of imidazole rings is 1. The van der Waals surface area contributed by atoms with Crippen LogP contribution in [0.15, 0.2) is 12.5 Å². The van der Waals surface area contributed by atoms with Gasteiger partial charge >= 0.3 is 0 Å². The molecule has 1 fully saturated rings. The fraction of sp³-hybridized carbons (Fsp3) is 0.800. The van der Waals surface area contributed by atoms with E-state index in [4.69, 9.17) is 0 Å². The van der Waals surface area contributed by atoms with Crippen LogP contribution in [0, 0.1) is 0 Å². The second-order valence-corrected chi connectivity index (χ2v) is 6.09. The van der Waals surface area contributed by atoms with Crippen molar-refractivity contribution in [2.45, 2.75) is 65.2 Å². The van der Waals surface area contributed by atoms with Crippen molar-refractivity contribution < 1.29 is 0 Å². The van der Waals surface area contributed by atoms with Crippen molar-refractivity contribution in [1.82, 2.24) is 19.8 Å². The molecule has 1 N–H and O–H groups in total. The van der Waals surface area contributed by atoms with E-state index in [0.29, 0.717) is 18.1 Å². The Bertz CT molecular complexity index is 369. The van der Waals surface area contributed by atoms with E-state index in [2.05, 4.69) is 47.5 Å². The summed E-state index contributed by atoms with van der Waals surface area (Å²) in [4.78, 5) is 6.87. The highest BCUT2D eigenvalue weighted by atomic mass is 15.2. The Labute approximate surface area is 117 Å². The topological polar surface area (TPSA) is 33.1 Å². The van der Waals surface area contributed by atoms with Gasteiger partial charge in [-0.2, -0.15) is 0 Å². The fourth-order valence-corrected chi connectivity index (χ4v) is 3.08. The fourth-order valence-electron chi connectivity index (χ4n) is 3.08. The quantitative estimate of drug-likeness (QED) is 0.856. The predicted molar refractivity (Wildman–Crippen MR) is 79.2 cm³/mol. The van der Waals surface area contributed by atoms with Crippen LogP contribution in [0.2, 0.25) is 0 Å². The first-order valence-corrected chi connectivity index (χ1v) is 7.58. The van der Waals surface area contributed by atoms with Crippen LogP contribution in [0.4, 0.5) is 0 Å². The lowest BCUT2D eigenvalue weighted by molar-refractivity contribution is 0.167. The number of aromatic nitrogens is 2. The van der Waals surface area contributed by atoms with Crippen molar-refractivity contribution in [3.8, 4) is 0 Å². The summed E-state index contributed by atoms with van der Waals surface area (Å²) >= 11 is 0. The molecule has 19 heavy (non-hydrogen) atoms. The number of hydrogen-bond acceptors (Lipinski definition) is 3. The molecular formula is C15H28N4. The Hall–Kier alpha value is -0.870. The van der Waals surface area contributed by atoms with E-state index in [0.717, 1.165) is 19.6 Å². The van der Waals surface area contributed by atoms with Gasteiger partial charge in [0.1, 0.15) is 0 Å². The summed E-state index contributed by atoms with van der Waals surface area (Å²) in [5, 5.41) is 3.56. The first kappa shape index (κ1) is 14.5. The first-order valence-electron chi connectivity index (χ1n) is 7.58. The maximum Gasteiger partial charge on any atom is 0.0949 e. The summed E-state index contributed by atoms with van der Waals surface area (Å²) in [6, 6.07) is 1.70. The summed E-state index contributed by atoms with van der Waals surface area (Å²) in [5.74, 6) is 0.